The maximum Gasteiger partial charge on any atom is 0.185 e. The first-order valence-electron chi connectivity index (χ1n) is 6.74. The summed E-state index contributed by atoms with van der Waals surface area (Å²) in [4.78, 5) is 12.0. The number of halogens is 1. The van der Waals surface area contributed by atoms with E-state index in [9.17, 15) is 13.2 Å². The number of sulfone groups is 1. The zero-order valence-corrected chi connectivity index (χ0v) is 14.9. The van der Waals surface area contributed by atoms with Gasteiger partial charge in [0.2, 0.25) is 0 Å². The van der Waals surface area contributed by atoms with Gasteiger partial charge in [0.05, 0.1) is 4.90 Å². The summed E-state index contributed by atoms with van der Waals surface area (Å²) in [5.74, 6) is 0.185. The Hall–Kier alpha value is -0.520. The second-order valence-electron chi connectivity index (χ2n) is 5.82. The summed E-state index contributed by atoms with van der Waals surface area (Å²) in [5.41, 5.74) is 0. The van der Waals surface area contributed by atoms with Crippen LogP contribution in [0.5, 0.6) is 0 Å². The molecule has 0 N–H and O–H groups in total. The molecule has 6 heteroatoms. The van der Waals surface area contributed by atoms with E-state index in [1.165, 1.54) is 24.3 Å². The summed E-state index contributed by atoms with van der Waals surface area (Å²) < 4.78 is 24.3. The molecule has 1 aromatic rings. The van der Waals surface area contributed by atoms with Crippen LogP contribution in [-0.2, 0) is 14.6 Å². The van der Waals surface area contributed by atoms with Crippen molar-refractivity contribution in [3.05, 3.63) is 29.3 Å². The van der Waals surface area contributed by atoms with E-state index in [1.807, 2.05) is 0 Å². The lowest BCUT2D eigenvalue weighted by Gasteiger charge is -2.16. The third kappa shape index (κ3) is 7.34. The highest BCUT2D eigenvalue weighted by atomic mass is 35.5. The number of thioether (sulfide) groups is 1. The van der Waals surface area contributed by atoms with Gasteiger partial charge >= 0.3 is 0 Å². The molecule has 0 unspecified atom stereocenters. The molecule has 118 valence electrons. The fourth-order valence-electron chi connectivity index (χ4n) is 1.66. The Balaban J connectivity index is 2.48. The number of Topliss-reactive ketones (excluding diaryl/α,β-unsaturated/α-hetero) is 1. The van der Waals surface area contributed by atoms with Gasteiger partial charge in [-0.3, -0.25) is 4.79 Å². The Bertz CT molecular complexity index is 572. The highest BCUT2D eigenvalue weighted by Gasteiger charge is 2.19. The smallest absolute Gasteiger partial charge is 0.185 e. The predicted octanol–water partition coefficient (Wildman–Crippen LogP) is 3.99. The average Bonchev–Trinajstić information content (AvgIpc) is 2.33. The van der Waals surface area contributed by atoms with Crippen molar-refractivity contribution in [3.8, 4) is 0 Å². The molecule has 0 aliphatic rings. The van der Waals surface area contributed by atoms with Crippen LogP contribution in [0.3, 0.4) is 0 Å². The number of carbonyl (C=O) groups is 1. The zero-order valence-electron chi connectivity index (χ0n) is 12.6. The van der Waals surface area contributed by atoms with Crippen LogP contribution in [0.15, 0.2) is 29.2 Å². The molecule has 0 bridgehead atoms. The minimum Gasteiger partial charge on any atom is -0.299 e. The topological polar surface area (TPSA) is 51.2 Å². The van der Waals surface area contributed by atoms with E-state index in [0.717, 1.165) is 5.75 Å². The molecule has 0 aliphatic carbocycles. The van der Waals surface area contributed by atoms with E-state index < -0.39 is 15.6 Å². The van der Waals surface area contributed by atoms with E-state index in [4.69, 9.17) is 11.6 Å². The molecule has 0 spiro atoms. The third-order valence-corrected chi connectivity index (χ3v) is 5.96. The first-order valence-corrected chi connectivity index (χ1v) is 9.76. The minimum absolute atomic E-state index is 0.143. The highest BCUT2D eigenvalue weighted by Crippen LogP contribution is 2.24. The summed E-state index contributed by atoms with van der Waals surface area (Å²) >= 11 is 7.50. The predicted molar refractivity (Wildman–Crippen MR) is 90.0 cm³/mol. The molecule has 3 nitrogen and oxygen atoms in total. The summed E-state index contributed by atoms with van der Waals surface area (Å²) in [5, 5.41) is 0.472. The molecule has 1 aromatic carbocycles. The van der Waals surface area contributed by atoms with Gasteiger partial charge in [0, 0.05) is 16.2 Å². The van der Waals surface area contributed by atoms with Crippen molar-refractivity contribution >= 4 is 39.0 Å². The van der Waals surface area contributed by atoms with Crippen LogP contribution in [0.25, 0.3) is 0 Å². The number of hydrogen-bond donors (Lipinski definition) is 0. The highest BCUT2D eigenvalue weighted by molar-refractivity contribution is 8.00. The number of carbonyl (C=O) groups excluding carboxylic acids is 1. The van der Waals surface area contributed by atoms with Crippen LogP contribution < -0.4 is 0 Å². The van der Waals surface area contributed by atoms with Crippen LogP contribution in [0.4, 0.5) is 0 Å². The van der Waals surface area contributed by atoms with E-state index in [0.29, 0.717) is 17.9 Å². The zero-order chi connectivity index (χ0) is 16.1. The fraction of sp³-hybridized carbons (Fsp3) is 0.533. The quantitative estimate of drug-likeness (QED) is 0.699. The first-order chi connectivity index (χ1) is 9.60. The van der Waals surface area contributed by atoms with Crippen molar-refractivity contribution in [2.75, 3.05) is 11.5 Å². The van der Waals surface area contributed by atoms with Crippen molar-refractivity contribution in [1.82, 2.24) is 0 Å². The normalized spacial score (nSPS) is 12.4. The molecule has 0 saturated heterocycles. The summed E-state index contributed by atoms with van der Waals surface area (Å²) in [6.07, 6.45) is 1.01. The number of rotatable bonds is 7. The maximum absolute atomic E-state index is 12.1. The van der Waals surface area contributed by atoms with Crippen molar-refractivity contribution < 1.29 is 13.2 Å². The van der Waals surface area contributed by atoms with Crippen molar-refractivity contribution in [3.63, 3.8) is 0 Å². The first kappa shape index (κ1) is 18.5. The Morgan fingerprint density at radius 3 is 2.29 bits per heavy atom. The standard InChI is InChI=1S/C15H21ClO3S2/c1-15(2,3)20-10-4-5-13(17)11-21(18,19)14-8-6-12(16)7-9-14/h6-9H,4-5,10-11H2,1-3H3. The second kappa shape index (κ2) is 7.65. The van der Waals surface area contributed by atoms with E-state index in [-0.39, 0.29) is 15.4 Å². The molecular formula is C15H21ClO3S2. The Labute approximate surface area is 136 Å². The van der Waals surface area contributed by atoms with Crippen LogP contribution in [-0.4, -0.2) is 30.5 Å². The van der Waals surface area contributed by atoms with Crippen LogP contribution in [0, 0.1) is 0 Å². The summed E-state index contributed by atoms with van der Waals surface area (Å²) in [6.45, 7) is 6.35. The second-order valence-corrected chi connectivity index (χ2v) is 10.2. The van der Waals surface area contributed by atoms with Crippen molar-refractivity contribution in [1.29, 1.82) is 0 Å². The molecule has 1 rings (SSSR count). The number of benzene rings is 1. The van der Waals surface area contributed by atoms with E-state index in [1.54, 1.807) is 11.8 Å². The largest absolute Gasteiger partial charge is 0.299 e. The van der Waals surface area contributed by atoms with Gasteiger partial charge < -0.3 is 0 Å². The van der Waals surface area contributed by atoms with Crippen LogP contribution in [0.1, 0.15) is 33.6 Å². The van der Waals surface area contributed by atoms with Gasteiger partial charge in [-0.05, 0) is 36.4 Å². The Kier molecular flexibility index (Phi) is 6.75. The van der Waals surface area contributed by atoms with Gasteiger partial charge in [0.1, 0.15) is 11.5 Å². The van der Waals surface area contributed by atoms with Gasteiger partial charge in [-0.2, -0.15) is 11.8 Å². The molecule has 0 radical (unpaired) electrons. The lowest BCUT2D eigenvalue weighted by atomic mass is 10.2. The molecule has 0 amide bonds. The van der Waals surface area contributed by atoms with Gasteiger partial charge in [0.25, 0.3) is 0 Å². The fourth-order valence-corrected chi connectivity index (χ4v) is 3.97. The number of ketones is 1. The van der Waals surface area contributed by atoms with Gasteiger partial charge in [-0.25, -0.2) is 8.42 Å². The van der Waals surface area contributed by atoms with E-state index in [2.05, 4.69) is 20.8 Å². The summed E-state index contributed by atoms with van der Waals surface area (Å²) in [6, 6.07) is 5.89. The van der Waals surface area contributed by atoms with Crippen molar-refractivity contribution in [2.24, 2.45) is 0 Å². The Morgan fingerprint density at radius 2 is 1.76 bits per heavy atom. The molecule has 0 fully saturated rings. The van der Waals surface area contributed by atoms with Crippen LogP contribution in [0.2, 0.25) is 5.02 Å². The molecule has 0 saturated carbocycles. The van der Waals surface area contributed by atoms with E-state index >= 15 is 0 Å². The molecule has 0 atom stereocenters. The SMILES string of the molecule is CC(C)(C)SCCCC(=O)CS(=O)(=O)c1ccc(Cl)cc1. The van der Waals surface area contributed by atoms with Crippen LogP contribution >= 0.6 is 23.4 Å². The molecule has 0 aliphatic heterocycles. The summed E-state index contributed by atoms with van der Waals surface area (Å²) in [7, 11) is -3.56. The van der Waals surface area contributed by atoms with Crippen molar-refractivity contribution in [2.45, 2.75) is 43.3 Å². The Morgan fingerprint density at radius 1 is 1.19 bits per heavy atom. The molecule has 21 heavy (non-hydrogen) atoms. The molecule has 0 aromatic heterocycles. The lowest BCUT2D eigenvalue weighted by molar-refractivity contribution is -0.116. The third-order valence-electron chi connectivity index (χ3n) is 2.66. The lowest BCUT2D eigenvalue weighted by Crippen LogP contribution is -2.16. The van der Waals surface area contributed by atoms with Gasteiger partial charge in [0.15, 0.2) is 9.84 Å². The maximum atomic E-state index is 12.1. The average molecular weight is 349 g/mol. The monoisotopic (exact) mass is 348 g/mol. The van der Waals surface area contributed by atoms with Gasteiger partial charge in [-0.1, -0.05) is 32.4 Å². The molecular weight excluding hydrogens is 328 g/mol. The molecule has 0 heterocycles. The number of hydrogen-bond acceptors (Lipinski definition) is 4. The minimum atomic E-state index is -3.56. The van der Waals surface area contributed by atoms with Gasteiger partial charge in [-0.15, -0.1) is 0 Å².